The van der Waals surface area contributed by atoms with Crippen LogP contribution in [0.15, 0.2) is 24.4 Å². The van der Waals surface area contributed by atoms with Crippen LogP contribution in [0.4, 0.5) is 11.4 Å². The molecule has 2 aromatic rings. The summed E-state index contributed by atoms with van der Waals surface area (Å²) in [6.45, 7) is 4.51. The number of aryl methyl sites for hydroxylation is 3. The van der Waals surface area contributed by atoms with Gasteiger partial charge in [0.25, 0.3) is 5.69 Å². The van der Waals surface area contributed by atoms with Crippen molar-refractivity contribution < 1.29 is 4.92 Å². The van der Waals surface area contributed by atoms with Crippen LogP contribution in [-0.4, -0.2) is 14.7 Å². The summed E-state index contributed by atoms with van der Waals surface area (Å²) in [5, 5.41) is 18.4. The highest BCUT2D eigenvalue weighted by molar-refractivity contribution is 5.54. The maximum Gasteiger partial charge on any atom is 0.271 e. The first-order chi connectivity index (χ1) is 9.49. The highest BCUT2D eigenvalue weighted by atomic mass is 16.6. The first-order valence-electron chi connectivity index (χ1n) is 6.51. The average Bonchev–Trinajstić information content (AvgIpc) is 2.76. The fraction of sp³-hybridized carbons (Fsp3) is 0.357. The molecule has 6 nitrogen and oxygen atoms in total. The van der Waals surface area contributed by atoms with Crippen LogP contribution in [0.3, 0.4) is 0 Å². The normalized spacial score (nSPS) is 10.6. The van der Waals surface area contributed by atoms with Crippen LogP contribution in [0, 0.1) is 17.0 Å². The standard InChI is InChI=1S/C14H18N4O2/c1-4-14-11(9-17(3)16-14)8-15-12-5-10(2)6-13(7-12)18(19)20/h5-7,9,15H,4,8H2,1-3H3. The van der Waals surface area contributed by atoms with Crippen molar-refractivity contribution in [1.82, 2.24) is 9.78 Å². The van der Waals surface area contributed by atoms with Crippen molar-refractivity contribution in [2.24, 2.45) is 7.05 Å². The molecular weight excluding hydrogens is 256 g/mol. The smallest absolute Gasteiger partial charge is 0.271 e. The van der Waals surface area contributed by atoms with Crippen LogP contribution in [0.2, 0.25) is 0 Å². The molecular formula is C14H18N4O2. The topological polar surface area (TPSA) is 73.0 Å². The monoisotopic (exact) mass is 274 g/mol. The van der Waals surface area contributed by atoms with E-state index in [0.717, 1.165) is 28.9 Å². The van der Waals surface area contributed by atoms with Crippen molar-refractivity contribution in [3.63, 3.8) is 0 Å². The van der Waals surface area contributed by atoms with Gasteiger partial charge in [-0.15, -0.1) is 0 Å². The number of benzene rings is 1. The number of aromatic nitrogens is 2. The molecule has 1 heterocycles. The second-order valence-electron chi connectivity index (χ2n) is 4.80. The minimum Gasteiger partial charge on any atom is -0.381 e. The van der Waals surface area contributed by atoms with E-state index in [1.54, 1.807) is 16.8 Å². The van der Waals surface area contributed by atoms with E-state index in [1.807, 2.05) is 26.2 Å². The molecule has 0 atom stereocenters. The number of non-ortho nitro benzene ring substituents is 1. The molecule has 1 N–H and O–H groups in total. The Hall–Kier alpha value is -2.37. The molecule has 0 fully saturated rings. The number of hydrogen-bond acceptors (Lipinski definition) is 4. The van der Waals surface area contributed by atoms with Crippen LogP contribution in [0.25, 0.3) is 0 Å². The number of rotatable bonds is 5. The van der Waals surface area contributed by atoms with E-state index in [0.29, 0.717) is 6.54 Å². The van der Waals surface area contributed by atoms with Crippen molar-refractivity contribution in [1.29, 1.82) is 0 Å². The Morgan fingerprint density at radius 2 is 2.15 bits per heavy atom. The number of nitrogens with one attached hydrogen (secondary N) is 1. The first-order valence-corrected chi connectivity index (χ1v) is 6.51. The van der Waals surface area contributed by atoms with Crippen LogP contribution >= 0.6 is 0 Å². The Morgan fingerprint density at radius 3 is 2.80 bits per heavy atom. The Labute approximate surface area is 117 Å². The van der Waals surface area contributed by atoms with E-state index < -0.39 is 0 Å². The first kappa shape index (κ1) is 14.0. The molecule has 1 aromatic heterocycles. The maximum atomic E-state index is 10.8. The van der Waals surface area contributed by atoms with E-state index in [9.17, 15) is 10.1 Å². The zero-order valence-electron chi connectivity index (χ0n) is 11.9. The van der Waals surface area contributed by atoms with Gasteiger partial charge in [0.05, 0.1) is 10.6 Å². The van der Waals surface area contributed by atoms with Gasteiger partial charge in [0, 0.05) is 43.2 Å². The van der Waals surface area contributed by atoms with Gasteiger partial charge in [0.1, 0.15) is 0 Å². The molecule has 1 aromatic carbocycles. The summed E-state index contributed by atoms with van der Waals surface area (Å²) in [6, 6.07) is 5.01. The lowest BCUT2D eigenvalue weighted by Crippen LogP contribution is -2.02. The molecule has 0 aliphatic carbocycles. The van der Waals surface area contributed by atoms with Crippen LogP contribution in [-0.2, 0) is 20.0 Å². The Balaban J connectivity index is 2.16. The number of nitro groups is 1. The Morgan fingerprint density at radius 1 is 1.40 bits per heavy atom. The fourth-order valence-electron chi connectivity index (χ4n) is 2.20. The van der Waals surface area contributed by atoms with Crippen molar-refractivity contribution >= 4 is 11.4 Å². The van der Waals surface area contributed by atoms with Crippen LogP contribution in [0.1, 0.15) is 23.7 Å². The number of anilines is 1. The van der Waals surface area contributed by atoms with Gasteiger partial charge >= 0.3 is 0 Å². The van der Waals surface area contributed by atoms with Gasteiger partial charge < -0.3 is 5.32 Å². The minimum atomic E-state index is -0.375. The summed E-state index contributed by atoms with van der Waals surface area (Å²) in [7, 11) is 1.89. The molecule has 0 saturated heterocycles. The second-order valence-corrected chi connectivity index (χ2v) is 4.80. The third-order valence-electron chi connectivity index (χ3n) is 3.08. The third kappa shape index (κ3) is 3.14. The van der Waals surface area contributed by atoms with Gasteiger partial charge in [-0.1, -0.05) is 6.92 Å². The van der Waals surface area contributed by atoms with Crippen molar-refractivity contribution in [2.75, 3.05) is 5.32 Å². The molecule has 0 aliphatic heterocycles. The van der Waals surface area contributed by atoms with Gasteiger partial charge in [0.15, 0.2) is 0 Å². The Kier molecular flexibility index (Phi) is 4.02. The SMILES string of the molecule is CCc1nn(C)cc1CNc1cc(C)cc([N+](=O)[O-])c1. The highest BCUT2D eigenvalue weighted by Gasteiger charge is 2.09. The number of hydrogen-bond donors (Lipinski definition) is 1. The van der Waals surface area contributed by atoms with Crippen molar-refractivity contribution in [3.8, 4) is 0 Å². The lowest BCUT2D eigenvalue weighted by molar-refractivity contribution is -0.384. The van der Waals surface area contributed by atoms with Gasteiger partial charge in [0.2, 0.25) is 0 Å². The van der Waals surface area contributed by atoms with E-state index in [4.69, 9.17) is 0 Å². The zero-order chi connectivity index (χ0) is 14.7. The summed E-state index contributed by atoms with van der Waals surface area (Å²) >= 11 is 0. The third-order valence-corrected chi connectivity index (χ3v) is 3.08. The molecule has 0 bridgehead atoms. The van der Waals surface area contributed by atoms with E-state index in [1.165, 1.54) is 0 Å². The van der Waals surface area contributed by atoms with E-state index >= 15 is 0 Å². The van der Waals surface area contributed by atoms with Crippen molar-refractivity contribution in [3.05, 3.63) is 51.3 Å². The summed E-state index contributed by atoms with van der Waals surface area (Å²) < 4.78 is 1.79. The second kappa shape index (κ2) is 5.73. The summed E-state index contributed by atoms with van der Waals surface area (Å²) in [6.07, 6.45) is 2.84. The molecule has 0 unspecified atom stereocenters. The quantitative estimate of drug-likeness (QED) is 0.672. The zero-order valence-corrected chi connectivity index (χ0v) is 11.9. The molecule has 0 radical (unpaired) electrons. The molecule has 20 heavy (non-hydrogen) atoms. The van der Waals surface area contributed by atoms with Gasteiger partial charge in [-0.25, -0.2) is 0 Å². The van der Waals surface area contributed by atoms with Gasteiger partial charge in [-0.2, -0.15) is 5.10 Å². The summed E-state index contributed by atoms with van der Waals surface area (Å²) in [5.41, 5.74) is 3.88. The molecule has 106 valence electrons. The molecule has 0 aliphatic rings. The minimum absolute atomic E-state index is 0.106. The lowest BCUT2D eigenvalue weighted by Gasteiger charge is -2.07. The number of nitrogens with zero attached hydrogens (tertiary/aromatic N) is 3. The maximum absolute atomic E-state index is 10.8. The van der Waals surface area contributed by atoms with E-state index in [-0.39, 0.29) is 10.6 Å². The van der Waals surface area contributed by atoms with Gasteiger partial charge in [-0.05, 0) is 25.0 Å². The van der Waals surface area contributed by atoms with Crippen LogP contribution in [0.5, 0.6) is 0 Å². The molecule has 0 saturated carbocycles. The molecule has 0 spiro atoms. The van der Waals surface area contributed by atoms with E-state index in [2.05, 4.69) is 17.3 Å². The predicted octanol–water partition coefficient (Wildman–Crippen LogP) is 2.81. The summed E-state index contributed by atoms with van der Waals surface area (Å²) in [5.74, 6) is 0. The lowest BCUT2D eigenvalue weighted by atomic mass is 10.1. The predicted molar refractivity (Wildman–Crippen MR) is 77.7 cm³/mol. The van der Waals surface area contributed by atoms with Crippen molar-refractivity contribution in [2.45, 2.75) is 26.8 Å². The van der Waals surface area contributed by atoms with Crippen LogP contribution < -0.4 is 5.32 Å². The Bertz CT molecular complexity index is 634. The molecule has 6 heteroatoms. The average molecular weight is 274 g/mol. The molecule has 0 amide bonds. The largest absolute Gasteiger partial charge is 0.381 e. The highest BCUT2D eigenvalue weighted by Crippen LogP contribution is 2.21. The number of nitro benzene ring substituents is 1. The fourth-order valence-corrected chi connectivity index (χ4v) is 2.20. The van der Waals surface area contributed by atoms with Gasteiger partial charge in [-0.3, -0.25) is 14.8 Å². The summed E-state index contributed by atoms with van der Waals surface area (Å²) in [4.78, 5) is 10.5. The molecule has 2 rings (SSSR count).